The van der Waals surface area contributed by atoms with Crippen LogP contribution >= 0.6 is 0 Å². The third-order valence-corrected chi connectivity index (χ3v) is 4.12. The standard InChI is InChI=1S/C18H14N2O3/c21-15-10-9-11-5-1-2-6-12(11)16(15)17-19-14-8-4-3-7-13(14)18(22)20(17)23/h1-10,17,19,21,23H. The normalized spacial score (nSPS) is 17.0. The fourth-order valence-electron chi connectivity index (χ4n) is 3.01. The van der Waals surface area contributed by atoms with Gasteiger partial charge in [-0.2, -0.15) is 5.06 Å². The summed E-state index contributed by atoms with van der Waals surface area (Å²) in [5, 5.41) is 26.1. The molecular weight excluding hydrogens is 292 g/mol. The van der Waals surface area contributed by atoms with Gasteiger partial charge in [0.25, 0.3) is 5.91 Å². The van der Waals surface area contributed by atoms with Gasteiger partial charge in [0.15, 0.2) is 6.17 Å². The summed E-state index contributed by atoms with van der Waals surface area (Å²) in [4.78, 5) is 12.4. The van der Waals surface area contributed by atoms with E-state index < -0.39 is 12.1 Å². The van der Waals surface area contributed by atoms with E-state index in [9.17, 15) is 15.1 Å². The molecule has 5 heteroatoms. The number of benzene rings is 3. The molecule has 1 unspecified atom stereocenters. The van der Waals surface area contributed by atoms with Gasteiger partial charge in [0.2, 0.25) is 0 Å². The summed E-state index contributed by atoms with van der Waals surface area (Å²) in [6, 6.07) is 17.9. The van der Waals surface area contributed by atoms with Crippen molar-refractivity contribution in [2.24, 2.45) is 0 Å². The number of hydrogen-bond donors (Lipinski definition) is 3. The number of carbonyl (C=O) groups is 1. The molecule has 3 aromatic rings. The Labute approximate surface area is 132 Å². The molecular formula is C18H14N2O3. The average molecular weight is 306 g/mol. The first kappa shape index (κ1) is 13.6. The Morgan fingerprint density at radius 2 is 1.70 bits per heavy atom. The Hall–Kier alpha value is -3.05. The highest BCUT2D eigenvalue weighted by Gasteiger charge is 2.34. The van der Waals surface area contributed by atoms with Crippen molar-refractivity contribution in [1.29, 1.82) is 0 Å². The summed E-state index contributed by atoms with van der Waals surface area (Å²) in [6.45, 7) is 0. The molecule has 5 nitrogen and oxygen atoms in total. The van der Waals surface area contributed by atoms with Gasteiger partial charge in [0.1, 0.15) is 5.75 Å². The van der Waals surface area contributed by atoms with Crippen LogP contribution in [0.25, 0.3) is 10.8 Å². The Balaban J connectivity index is 1.92. The first-order valence-electron chi connectivity index (χ1n) is 7.25. The summed E-state index contributed by atoms with van der Waals surface area (Å²) >= 11 is 0. The first-order valence-corrected chi connectivity index (χ1v) is 7.25. The van der Waals surface area contributed by atoms with E-state index in [-0.39, 0.29) is 5.75 Å². The molecule has 0 aromatic heterocycles. The maximum Gasteiger partial charge on any atom is 0.281 e. The number of fused-ring (bicyclic) bond motifs is 2. The number of hydroxylamine groups is 2. The molecule has 0 saturated carbocycles. The lowest BCUT2D eigenvalue weighted by Gasteiger charge is -2.34. The van der Waals surface area contributed by atoms with E-state index in [1.54, 1.807) is 30.3 Å². The Morgan fingerprint density at radius 3 is 2.57 bits per heavy atom. The number of phenols is 1. The number of nitrogens with zero attached hydrogens (tertiary/aromatic N) is 1. The van der Waals surface area contributed by atoms with Crippen LogP contribution in [0.1, 0.15) is 22.1 Å². The summed E-state index contributed by atoms with van der Waals surface area (Å²) in [6.07, 6.45) is -0.858. The van der Waals surface area contributed by atoms with E-state index >= 15 is 0 Å². The maximum absolute atomic E-state index is 12.4. The molecule has 0 spiro atoms. The van der Waals surface area contributed by atoms with Crippen molar-refractivity contribution < 1.29 is 15.1 Å². The molecule has 0 radical (unpaired) electrons. The Bertz CT molecular complexity index is 923. The predicted molar refractivity (Wildman–Crippen MR) is 86.4 cm³/mol. The third-order valence-electron chi connectivity index (χ3n) is 4.12. The second-order valence-electron chi connectivity index (χ2n) is 5.46. The number of hydrogen-bond acceptors (Lipinski definition) is 4. The predicted octanol–water partition coefficient (Wildman–Crippen LogP) is 3.50. The van der Waals surface area contributed by atoms with Gasteiger partial charge >= 0.3 is 0 Å². The highest BCUT2D eigenvalue weighted by Crippen LogP contribution is 2.39. The minimum atomic E-state index is -0.858. The van der Waals surface area contributed by atoms with Gasteiger partial charge in [-0.3, -0.25) is 10.0 Å². The van der Waals surface area contributed by atoms with Gasteiger partial charge in [0.05, 0.1) is 5.56 Å². The van der Waals surface area contributed by atoms with Crippen LogP contribution in [0, 0.1) is 0 Å². The Kier molecular flexibility index (Phi) is 2.96. The van der Waals surface area contributed by atoms with Crippen molar-refractivity contribution in [3.8, 4) is 5.75 Å². The summed E-state index contributed by atoms with van der Waals surface area (Å²) in [5.74, 6) is -0.482. The second-order valence-corrected chi connectivity index (χ2v) is 5.46. The number of amides is 1. The van der Waals surface area contributed by atoms with Crippen LogP contribution < -0.4 is 5.32 Å². The quantitative estimate of drug-likeness (QED) is 0.602. The molecule has 0 aliphatic carbocycles. The van der Waals surface area contributed by atoms with E-state index in [0.717, 1.165) is 10.8 Å². The van der Waals surface area contributed by atoms with E-state index in [1.165, 1.54) is 0 Å². The zero-order valence-corrected chi connectivity index (χ0v) is 12.1. The van der Waals surface area contributed by atoms with Gasteiger partial charge in [-0.15, -0.1) is 0 Å². The van der Waals surface area contributed by atoms with Crippen LogP contribution in [-0.2, 0) is 0 Å². The summed E-state index contributed by atoms with van der Waals surface area (Å²) < 4.78 is 0. The number of nitrogens with one attached hydrogen (secondary N) is 1. The molecule has 1 heterocycles. The Morgan fingerprint density at radius 1 is 0.957 bits per heavy atom. The van der Waals surface area contributed by atoms with Crippen LogP contribution in [0.3, 0.4) is 0 Å². The van der Waals surface area contributed by atoms with Crippen LogP contribution in [-0.4, -0.2) is 21.3 Å². The minimum Gasteiger partial charge on any atom is -0.507 e. The van der Waals surface area contributed by atoms with E-state index in [4.69, 9.17) is 0 Å². The van der Waals surface area contributed by atoms with Gasteiger partial charge < -0.3 is 10.4 Å². The highest BCUT2D eigenvalue weighted by atomic mass is 16.5. The van der Waals surface area contributed by atoms with E-state index in [2.05, 4.69) is 5.32 Å². The van der Waals surface area contributed by atoms with Crippen molar-refractivity contribution in [1.82, 2.24) is 5.06 Å². The van der Waals surface area contributed by atoms with Gasteiger partial charge in [-0.05, 0) is 29.0 Å². The molecule has 1 aliphatic rings. The highest BCUT2D eigenvalue weighted by molar-refractivity contribution is 6.01. The molecule has 0 bridgehead atoms. The van der Waals surface area contributed by atoms with Crippen LogP contribution in [0.5, 0.6) is 5.75 Å². The molecule has 1 atom stereocenters. The number of phenolic OH excluding ortho intramolecular Hbond substituents is 1. The van der Waals surface area contributed by atoms with Crippen molar-refractivity contribution in [2.75, 3.05) is 5.32 Å². The maximum atomic E-state index is 12.4. The first-order chi connectivity index (χ1) is 11.2. The van der Waals surface area contributed by atoms with Gasteiger partial charge in [0, 0.05) is 11.3 Å². The molecule has 1 amide bonds. The van der Waals surface area contributed by atoms with E-state index in [0.29, 0.717) is 21.9 Å². The number of carbonyl (C=O) groups excluding carboxylic acids is 1. The zero-order valence-electron chi connectivity index (χ0n) is 12.1. The van der Waals surface area contributed by atoms with Gasteiger partial charge in [-0.25, -0.2) is 0 Å². The van der Waals surface area contributed by atoms with Crippen molar-refractivity contribution in [2.45, 2.75) is 6.17 Å². The molecule has 23 heavy (non-hydrogen) atoms. The monoisotopic (exact) mass is 306 g/mol. The van der Waals surface area contributed by atoms with Crippen molar-refractivity contribution in [3.05, 3.63) is 71.8 Å². The van der Waals surface area contributed by atoms with Crippen LogP contribution in [0.2, 0.25) is 0 Å². The number of aromatic hydroxyl groups is 1. The topological polar surface area (TPSA) is 72.8 Å². The molecule has 0 saturated heterocycles. The molecule has 0 fully saturated rings. The van der Waals surface area contributed by atoms with Crippen molar-refractivity contribution >= 4 is 22.4 Å². The zero-order chi connectivity index (χ0) is 16.0. The lowest BCUT2D eigenvalue weighted by atomic mass is 9.98. The van der Waals surface area contributed by atoms with Crippen LogP contribution in [0.4, 0.5) is 5.69 Å². The molecule has 3 aromatic carbocycles. The van der Waals surface area contributed by atoms with E-state index in [1.807, 2.05) is 30.3 Å². The third kappa shape index (κ3) is 2.02. The molecule has 1 aliphatic heterocycles. The lowest BCUT2D eigenvalue weighted by molar-refractivity contribution is -0.0851. The second kappa shape index (κ2) is 5.00. The number of rotatable bonds is 1. The molecule has 4 rings (SSSR count). The number of anilines is 1. The largest absolute Gasteiger partial charge is 0.507 e. The van der Waals surface area contributed by atoms with Crippen molar-refractivity contribution in [3.63, 3.8) is 0 Å². The fourth-order valence-corrected chi connectivity index (χ4v) is 3.01. The lowest BCUT2D eigenvalue weighted by Crippen LogP contribution is -2.40. The average Bonchev–Trinajstić information content (AvgIpc) is 2.58. The minimum absolute atomic E-state index is 0.0208. The summed E-state index contributed by atoms with van der Waals surface area (Å²) in [5.41, 5.74) is 1.49. The van der Waals surface area contributed by atoms with Crippen LogP contribution in [0.15, 0.2) is 60.7 Å². The fraction of sp³-hybridized carbons (Fsp3) is 0.0556. The number of para-hydroxylation sites is 1. The summed E-state index contributed by atoms with van der Waals surface area (Å²) in [7, 11) is 0. The molecule has 3 N–H and O–H groups in total. The van der Waals surface area contributed by atoms with Gasteiger partial charge in [-0.1, -0.05) is 42.5 Å². The molecule has 114 valence electrons. The SMILES string of the molecule is O=C1c2ccccc2NC(c2c(O)ccc3ccccc23)N1O. The smallest absolute Gasteiger partial charge is 0.281 e.